The third kappa shape index (κ3) is 2.95. The van der Waals surface area contributed by atoms with Gasteiger partial charge in [0.25, 0.3) is 5.91 Å². The van der Waals surface area contributed by atoms with Crippen LogP contribution in [-0.2, 0) is 20.7 Å². The van der Waals surface area contributed by atoms with Gasteiger partial charge in [0.2, 0.25) is 5.91 Å². The van der Waals surface area contributed by atoms with E-state index >= 15 is 0 Å². The molecule has 0 aromatic carbocycles. The minimum Gasteiger partial charge on any atom is -0.481 e. The molecular weight excluding hydrogens is 380 g/mol. The number of aryl methyl sites for hydroxylation is 2. The van der Waals surface area contributed by atoms with E-state index in [9.17, 15) is 24.3 Å². The zero-order valence-electron chi connectivity index (χ0n) is 16.5. The summed E-state index contributed by atoms with van der Waals surface area (Å²) >= 11 is 0. The number of hydrogen-bond acceptors (Lipinski definition) is 6. The number of furan rings is 1. The molecule has 1 aromatic heterocycles. The average Bonchev–Trinajstić information content (AvgIpc) is 3.30. The Morgan fingerprint density at radius 2 is 1.90 bits per heavy atom. The summed E-state index contributed by atoms with van der Waals surface area (Å²) in [6, 6.07) is 0. The Kier molecular flexibility index (Phi) is 4.72. The third-order valence-corrected chi connectivity index (χ3v) is 6.40. The Labute approximate surface area is 167 Å². The molecule has 0 radical (unpaired) electrons. The van der Waals surface area contributed by atoms with E-state index in [-0.39, 0.29) is 61.9 Å². The van der Waals surface area contributed by atoms with Crippen LogP contribution in [0.15, 0.2) is 4.42 Å². The van der Waals surface area contributed by atoms with Crippen LogP contribution in [-0.4, -0.2) is 78.4 Å². The molecule has 2 atom stereocenters. The van der Waals surface area contributed by atoms with Crippen molar-refractivity contribution in [3.8, 4) is 0 Å². The number of carbonyl (C=O) groups is 4. The fraction of sp³-hybridized carbons (Fsp3) is 0.600. The summed E-state index contributed by atoms with van der Waals surface area (Å²) in [5, 5.41) is 9.94. The number of aliphatic carboxylic acids is 1. The quantitative estimate of drug-likeness (QED) is 0.786. The zero-order chi connectivity index (χ0) is 20.9. The van der Waals surface area contributed by atoms with Crippen LogP contribution in [0.5, 0.6) is 0 Å². The second-order valence-corrected chi connectivity index (χ2v) is 8.16. The first-order valence-corrected chi connectivity index (χ1v) is 9.73. The molecule has 0 spiro atoms. The fourth-order valence-electron chi connectivity index (χ4n) is 4.95. The molecule has 1 aliphatic carbocycles. The van der Waals surface area contributed by atoms with Gasteiger partial charge < -0.3 is 24.1 Å². The number of likely N-dealkylation sites (tertiary alicyclic amines) is 2. The van der Waals surface area contributed by atoms with E-state index in [4.69, 9.17) is 9.15 Å². The Morgan fingerprint density at radius 1 is 1.21 bits per heavy atom. The minimum absolute atomic E-state index is 0.00379. The van der Waals surface area contributed by atoms with Crippen molar-refractivity contribution in [2.45, 2.75) is 26.2 Å². The number of Topliss-reactive ketones (excluding diaryl/α,β-unsaturated/α-hetero) is 1. The maximum atomic E-state index is 13.3. The van der Waals surface area contributed by atoms with Crippen LogP contribution in [0.2, 0.25) is 0 Å². The SMILES string of the molecule is COCC(=O)N1C[C@@H]2CN(C(=O)c3c(C)oc4c3C(=O)CCC4)C[C@]2(C(=O)O)C1. The Bertz CT molecular complexity index is 905. The van der Waals surface area contributed by atoms with Gasteiger partial charge in [-0.25, -0.2) is 0 Å². The molecule has 4 rings (SSSR count). The van der Waals surface area contributed by atoms with Gasteiger partial charge >= 0.3 is 5.97 Å². The van der Waals surface area contributed by atoms with Crippen LogP contribution in [0.1, 0.15) is 45.1 Å². The first-order valence-electron chi connectivity index (χ1n) is 9.73. The van der Waals surface area contributed by atoms with Gasteiger partial charge in [0, 0.05) is 52.0 Å². The molecule has 3 heterocycles. The van der Waals surface area contributed by atoms with Gasteiger partial charge in [0.05, 0.1) is 11.1 Å². The Balaban J connectivity index is 1.60. The van der Waals surface area contributed by atoms with E-state index in [1.807, 2.05) is 0 Å². The second kappa shape index (κ2) is 6.98. The van der Waals surface area contributed by atoms with E-state index in [0.29, 0.717) is 36.3 Å². The predicted molar refractivity (Wildman–Crippen MR) is 98.6 cm³/mol. The molecule has 2 fully saturated rings. The number of fused-ring (bicyclic) bond motifs is 2. The van der Waals surface area contributed by atoms with Gasteiger partial charge in [-0.3, -0.25) is 19.2 Å². The Morgan fingerprint density at radius 3 is 2.55 bits per heavy atom. The maximum Gasteiger partial charge on any atom is 0.313 e. The van der Waals surface area contributed by atoms with Crippen molar-refractivity contribution in [1.82, 2.24) is 9.80 Å². The van der Waals surface area contributed by atoms with Gasteiger partial charge in [-0.1, -0.05) is 0 Å². The molecule has 0 unspecified atom stereocenters. The first-order chi connectivity index (χ1) is 13.8. The number of carboxylic acids is 1. The fourth-order valence-corrected chi connectivity index (χ4v) is 4.95. The summed E-state index contributed by atoms with van der Waals surface area (Å²) in [5.41, 5.74) is -0.588. The lowest BCUT2D eigenvalue weighted by Gasteiger charge is -2.25. The molecule has 156 valence electrons. The number of hydrogen-bond donors (Lipinski definition) is 1. The number of nitrogens with zero attached hydrogens (tertiary/aromatic N) is 2. The van der Waals surface area contributed by atoms with Gasteiger partial charge in [-0.15, -0.1) is 0 Å². The van der Waals surface area contributed by atoms with Crippen LogP contribution in [0, 0.1) is 18.3 Å². The zero-order valence-corrected chi connectivity index (χ0v) is 16.5. The molecule has 2 saturated heterocycles. The molecule has 1 aromatic rings. The van der Waals surface area contributed by atoms with E-state index in [2.05, 4.69) is 0 Å². The molecule has 2 aliphatic heterocycles. The number of carbonyl (C=O) groups excluding carboxylic acids is 3. The Hall–Kier alpha value is -2.68. The number of ketones is 1. The summed E-state index contributed by atoms with van der Waals surface area (Å²) in [6.07, 6.45) is 1.70. The molecule has 0 bridgehead atoms. The summed E-state index contributed by atoms with van der Waals surface area (Å²) in [7, 11) is 1.41. The normalized spacial score (nSPS) is 25.9. The molecule has 9 nitrogen and oxygen atoms in total. The van der Waals surface area contributed by atoms with Crippen molar-refractivity contribution >= 4 is 23.6 Å². The van der Waals surface area contributed by atoms with Crippen LogP contribution < -0.4 is 0 Å². The summed E-state index contributed by atoms with van der Waals surface area (Å²) < 4.78 is 10.5. The van der Waals surface area contributed by atoms with E-state index in [1.54, 1.807) is 6.92 Å². The highest BCUT2D eigenvalue weighted by atomic mass is 16.5. The summed E-state index contributed by atoms with van der Waals surface area (Å²) in [6.45, 7) is 2.08. The maximum absolute atomic E-state index is 13.3. The molecule has 9 heteroatoms. The number of ether oxygens (including phenoxy) is 1. The number of carboxylic acid groups (broad SMARTS) is 1. The smallest absolute Gasteiger partial charge is 0.313 e. The van der Waals surface area contributed by atoms with Crippen LogP contribution in [0.3, 0.4) is 0 Å². The third-order valence-electron chi connectivity index (χ3n) is 6.40. The highest BCUT2D eigenvalue weighted by Gasteiger charge is 2.59. The molecular formula is C20H24N2O7. The van der Waals surface area contributed by atoms with Crippen molar-refractivity contribution in [2.24, 2.45) is 11.3 Å². The standard InChI is InChI=1S/C20H24N2O7/c1-11-16(17-13(23)4-3-5-14(17)29-11)18(25)22-7-12-6-21(15(24)8-28-2)9-20(12,10-22)19(26)27/h12H,3-10H2,1-2H3,(H,26,27)/t12-,20-/m1/s1. The van der Waals surface area contributed by atoms with Crippen molar-refractivity contribution in [3.63, 3.8) is 0 Å². The van der Waals surface area contributed by atoms with Crippen molar-refractivity contribution in [3.05, 3.63) is 22.6 Å². The monoisotopic (exact) mass is 404 g/mol. The van der Waals surface area contributed by atoms with Crippen LogP contribution >= 0.6 is 0 Å². The van der Waals surface area contributed by atoms with E-state index < -0.39 is 11.4 Å². The van der Waals surface area contributed by atoms with Gasteiger partial charge in [-0.05, 0) is 13.3 Å². The van der Waals surface area contributed by atoms with Gasteiger partial charge in [0.15, 0.2) is 5.78 Å². The lowest BCUT2D eigenvalue weighted by Crippen LogP contribution is -2.43. The van der Waals surface area contributed by atoms with Gasteiger partial charge in [0.1, 0.15) is 23.5 Å². The highest BCUT2D eigenvalue weighted by molar-refractivity contribution is 6.10. The van der Waals surface area contributed by atoms with Crippen molar-refractivity contribution < 1.29 is 33.4 Å². The molecule has 1 N–H and O–H groups in total. The summed E-state index contributed by atoms with van der Waals surface area (Å²) in [5.74, 6) is -1.18. The van der Waals surface area contributed by atoms with Crippen molar-refractivity contribution in [1.29, 1.82) is 0 Å². The molecule has 0 saturated carbocycles. The molecule has 3 aliphatic rings. The first kappa shape index (κ1) is 19.6. The second-order valence-electron chi connectivity index (χ2n) is 8.16. The number of rotatable bonds is 4. The van der Waals surface area contributed by atoms with Crippen LogP contribution in [0.4, 0.5) is 0 Å². The predicted octanol–water partition coefficient (Wildman–Crippen LogP) is 0.739. The lowest BCUT2D eigenvalue weighted by molar-refractivity contribution is -0.149. The number of methoxy groups -OCH3 is 1. The lowest BCUT2D eigenvalue weighted by atomic mass is 9.81. The summed E-state index contributed by atoms with van der Waals surface area (Å²) in [4.78, 5) is 53.0. The highest BCUT2D eigenvalue weighted by Crippen LogP contribution is 2.44. The molecule has 29 heavy (non-hydrogen) atoms. The van der Waals surface area contributed by atoms with E-state index in [1.165, 1.54) is 16.9 Å². The topological polar surface area (TPSA) is 117 Å². The average molecular weight is 404 g/mol. The minimum atomic E-state index is -1.21. The largest absolute Gasteiger partial charge is 0.481 e. The number of amides is 2. The van der Waals surface area contributed by atoms with E-state index in [0.717, 1.165) is 0 Å². The van der Waals surface area contributed by atoms with Crippen LogP contribution in [0.25, 0.3) is 0 Å². The van der Waals surface area contributed by atoms with Gasteiger partial charge in [-0.2, -0.15) is 0 Å². The molecule has 2 amide bonds. The van der Waals surface area contributed by atoms with Crippen molar-refractivity contribution in [2.75, 3.05) is 39.9 Å².